The first-order chi connectivity index (χ1) is 8.60. The van der Waals surface area contributed by atoms with Crippen LogP contribution in [0.2, 0.25) is 0 Å². The smallest absolute Gasteiger partial charge is 0.358 e. The summed E-state index contributed by atoms with van der Waals surface area (Å²) in [4.78, 5) is 11.4. The fraction of sp³-hybridized carbons (Fsp3) is 0.231. The van der Waals surface area contributed by atoms with E-state index < -0.39 is 5.97 Å². The van der Waals surface area contributed by atoms with Crippen LogP contribution in [0.1, 0.15) is 21.6 Å². The van der Waals surface area contributed by atoms with E-state index >= 15 is 0 Å². The number of halogens is 1. The van der Waals surface area contributed by atoms with Gasteiger partial charge >= 0.3 is 5.97 Å². The lowest BCUT2D eigenvalue weighted by Gasteiger charge is -2.01. The van der Waals surface area contributed by atoms with Gasteiger partial charge in [0.2, 0.25) is 0 Å². The van der Waals surface area contributed by atoms with Gasteiger partial charge in [-0.15, -0.1) is 0 Å². The van der Waals surface area contributed by atoms with Crippen LogP contribution in [0.25, 0.3) is 0 Å². The molecule has 1 heterocycles. The zero-order valence-corrected chi connectivity index (χ0v) is 10.2. The Bertz CT molecular complexity index is 561. The molecule has 0 amide bonds. The van der Waals surface area contributed by atoms with E-state index in [1.54, 1.807) is 29.9 Å². The van der Waals surface area contributed by atoms with Crippen LogP contribution in [0.15, 0.2) is 30.5 Å². The maximum Gasteiger partial charge on any atom is 0.358 e. The first-order valence-corrected chi connectivity index (χ1v) is 5.47. The highest BCUT2D eigenvalue weighted by molar-refractivity contribution is 5.88. The summed E-state index contributed by atoms with van der Waals surface area (Å²) in [5, 5.41) is 4.15. The summed E-state index contributed by atoms with van der Waals surface area (Å²) in [7, 11) is 1.32. The van der Waals surface area contributed by atoms with Gasteiger partial charge in [-0.05, 0) is 24.6 Å². The number of benzene rings is 1. The number of nitrogens with zero attached hydrogens (tertiary/aromatic N) is 2. The van der Waals surface area contributed by atoms with Crippen LogP contribution in [-0.2, 0) is 11.3 Å². The summed E-state index contributed by atoms with van der Waals surface area (Å²) in [6.45, 7) is 2.28. The zero-order valence-electron chi connectivity index (χ0n) is 10.2. The Balaban J connectivity index is 2.20. The molecule has 0 saturated heterocycles. The van der Waals surface area contributed by atoms with E-state index in [0.717, 1.165) is 11.1 Å². The monoisotopic (exact) mass is 248 g/mol. The maximum absolute atomic E-state index is 12.8. The second-order valence-electron chi connectivity index (χ2n) is 3.98. The maximum atomic E-state index is 12.8. The van der Waals surface area contributed by atoms with Crippen molar-refractivity contribution in [2.75, 3.05) is 7.11 Å². The topological polar surface area (TPSA) is 44.1 Å². The first kappa shape index (κ1) is 12.3. The molecule has 0 atom stereocenters. The molecule has 0 spiro atoms. The van der Waals surface area contributed by atoms with Crippen LogP contribution in [0.5, 0.6) is 0 Å². The molecule has 1 aromatic carbocycles. The third-order valence-corrected chi connectivity index (χ3v) is 2.58. The van der Waals surface area contributed by atoms with Gasteiger partial charge in [0.1, 0.15) is 5.82 Å². The van der Waals surface area contributed by atoms with Crippen molar-refractivity contribution < 1.29 is 13.9 Å². The Morgan fingerprint density at radius 1 is 1.39 bits per heavy atom. The lowest BCUT2D eigenvalue weighted by Crippen LogP contribution is -2.06. The average Bonchev–Trinajstić information content (AvgIpc) is 2.72. The number of hydrogen-bond acceptors (Lipinski definition) is 3. The second-order valence-corrected chi connectivity index (χ2v) is 3.98. The molecule has 0 unspecified atom stereocenters. The van der Waals surface area contributed by atoms with E-state index in [-0.39, 0.29) is 5.82 Å². The summed E-state index contributed by atoms with van der Waals surface area (Å²) in [5.41, 5.74) is 1.97. The Morgan fingerprint density at radius 3 is 2.67 bits per heavy atom. The Hall–Kier alpha value is -2.17. The van der Waals surface area contributed by atoms with Crippen molar-refractivity contribution in [3.8, 4) is 0 Å². The largest absolute Gasteiger partial charge is 0.464 e. The molecule has 0 radical (unpaired) electrons. The normalized spacial score (nSPS) is 10.4. The zero-order chi connectivity index (χ0) is 13.1. The number of carbonyl (C=O) groups is 1. The van der Waals surface area contributed by atoms with Gasteiger partial charge in [0.25, 0.3) is 0 Å². The standard InChI is InChI=1S/C13H13FN2O2/c1-9-7-16(15-12(9)13(17)18-2)8-10-3-5-11(14)6-4-10/h3-7H,8H2,1-2H3. The highest BCUT2D eigenvalue weighted by atomic mass is 19.1. The van der Waals surface area contributed by atoms with E-state index in [2.05, 4.69) is 9.84 Å². The molecule has 0 N–H and O–H groups in total. The van der Waals surface area contributed by atoms with E-state index in [1.807, 2.05) is 0 Å². The molecule has 94 valence electrons. The average molecular weight is 248 g/mol. The molecular formula is C13H13FN2O2. The Morgan fingerprint density at radius 2 is 2.06 bits per heavy atom. The summed E-state index contributed by atoms with van der Waals surface area (Å²) in [6.07, 6.45) is 1.76. The van der Waals surface area contributed by atoms with Gasteiger partial charge in [-0.3, -0.25) is 4.68 Å². The van der Waals surface area contributed by atoms with Crippen molar-refractivity contribution in [2.45, 2.75) is 13.5 Å². The van der Waals surface area contributed by atoms with Crippen LogP contribution < -0.4 is 0 Å². The van der Waals surface area contributed by atoms with Crippen molar-refractivity contribution in [3.63, 3.8) is 0 Å². The first-order valence-electron chi connectivity index (χ1n) is 5.47. The number of carbonyl (C=O) groups excluding carboxylic acids is 1. The summed E-state index contributed by atoms with van der Waals surface area (Å²) in [6, 6.07) is 6.16. The van der Waals surface area contributed by atoms with Gasteiger partial charge in [-0.1, -0.05) is 12.1 Å². The molecule has 0 aliphatic rings. The Labute approximate surface area is 104 Å². The van der Waals surface area contributed by atoms with Crippen molar-refractivity contribution in [1.82, 2.24) is 9.78 Å². The predicted molar refractivity (Wildman–Crippen MR) is 63.8 cm³/mol. The van der Waals surface area contributed by atoms with Crippen molar-refractivity contribution in [3.05, 3.63) is 53.1 Å². The van der Waals surface area contributed by atoms with Crippen molar-refractivity contribution >= 4 is 5.97 Å². The molecule has 4 nitrogen and oxygen atoms in total. The van der Waals surface area contributed by atoms with Crippen LogP contribution in [0, 0.1) is 12.7 Å². The van der Waals surface area contributed by atoms with E-state index in [1.165, 1.54) is 19.2 Å². The van der Waals surface area contributed by atoms with Gasteiger partial charge in [-0.2, -0.15) is 5.10 Å². The summed E-state index contributed by atoms with van der Waals surface area (Å²) >= 11 is 0. The molecule has 1 aromatic heterocycles. The Kier molecular flexibility index (Phi) is 3.41. The fourth-order valence-electron chi connectivity index (χ4n) is 1.68. The molecular weight excluding hydrogens is 235 g/mol. The highest BCUT2D eigenvalue weighted by Gasteiger charge is 2.14. The van der Waals surface area contributed by atoms with Gasteiger partial charge in [-0.25, -0.2) is 9.18 Å². The highest BCUT2D eigenvalue weighted by Crippen LogP contribution is 2.10. The number of ether oxygens (including phenoxy) is 1. The lowest BCUT2D eigenvalue weighted by molar-refractivity contribution is 0.0592. The number of methoxy groups -OCH3 is 1. The third-order valence-electron chi connectivity index (χ3n) is 2.58. The van der Waals surface area contributed by atoms with Gasteiger partial charge < -0.3 is 4.74 Å². The molecule has 0 aliphatic carbocycles. The van der Waals surface area contributed by atoms with Crippen LogP contribution in [0.4, 0.5) is 4.39 Å². The van der Waals surface area contributed by atoms with Gasteiger partial charge in [0.05, 0.1) is 13.7 Å². The minimum Gasteiger partial charge on any atom is -0.464 e. The lowest BCUT2D eigenvalue weighted by atomic mass is 10.2. The van der Waals surface area contributed by atoms with Gasteiger partial charge in [0.15, 0.2) is 5.69 Å². The van der Waals surface area contributed by atoms with Crippen LogP contribution in [0.3, 0.4) is 0 Å². The van der Waals surface area contributed by atoms with E-state index in [0.29, 0.717) is 12.2 Å². The molecule has 2 aromatic rings. The minimum atomic E-state index is -0.453. The SMILES string of the molecule is COC(=O)c1nn(Cc2ccc(F)cc2)cc1C. The summed E-state index contributed by atoms with van der Waals surface area (Å²) in [5.74, 6) is -0.726. The summed E-state index contributed by atoms with van der Waals surface area (Å²) < 4.78 is 19.0. The third kappa shape index (κ3) is 2.56. The number of esters is 1. The van der Waals surface area contributed by atoms with Crippen molar-refractivity contribution in [1.29, 1.82) is 0 Å². The minimum absolute atomic E-state index is 0.273. The number of hydrogen-bond donors (Lipinski definition) is 0. The fourth-order valence-corrected chi connectivity index (χ4v) is 1.68. The van der Waals surface area contributed by atoms with Crippen LogP contribution in [-0.4, -0.2) is 22.9 Å². The molecule has 0 bridgehead atoms. The van der Waals surface area contributed by atoms with E-state index in [4.69, 9.17) is 0 Å². The number of aryl methyl sites for hydroxylation is 1. The van der Waals surface area contributed by atoms with Gasteiger partial charge in [0, 0.05) is 11.8 Å². The number of aromatic nitrogens is 2. The molecule has 0 fully saturated rings. The van der Waals surface area contributed by atoms with E-state index in [9.17, 15) is 9.18 Å². The molecule has 18 heavy (non-hydrogen) atoms. The predicted octanol–water partition coefficient (Wildman–Crippen LogP) is 2.17. The molecule has 0 saturated carbocycles. The number of rotatable bonds is 3. The molecule has 0 aliphatic heterocycles. The second kappa shape index (κ2) is 5.00. The van der Waals surface area contributed by atoms with Crippen LogP contribution >= 0.6 is 0 Å². The molecule has 5 heteroatoms. The van der Waals surface area contributed by atoms with Crippen molar-refractivity contribution in [2.24, 2.45) is 0 Å². The molecule has 2 rings (SSSR count). The quantitative estimate of drug-likeness (QED) is 0.782.